The summed E-state index contributed by atoms with van der Waals surface area (Å²) in [5, 5.41) is 0. The predicted octanol–water partition coefficient (Wildman–Crippen LogP) is 20.3. The maximum Gasteiger partial charge on any atom is 0.309 e. The van der Waals surface area contributed by atoms with Gasteiger partial charge < -0.3 is 14.2 Å². The number of hydrogen-bond donors (Lipinski definition) is 0. The fourth-order valence-corrected chi connectivity index (χ4v) is 8.15. The van der Waals surface area contributed by atoms with Crippen molar-refractivity contribution in [3.8, 4) is 0 Å². The highest BCUT2D eigenvalue weighted by molar-refractivity contribution is 5.72. The highest BCUT2D eigenvalue weighted by Crippen LogP contribution is 2.16. The van der Waals surface area contributed by atoms with E-state index < -0.39 is 12.1 Å². The molecule has 0 aromatic rings. The monoisotopic (exact) mass is 999 g/mol. The summed E-state index contributed by atoms with van der Waals surface area (Å²) in [5.41, 5.74) is 0. The predicted molar refractivity (Wildman–Crippen MR) is 311 cm³/mol. The van der Waals surface area contributed by atoms with Crippen molar-refractivity contribution in [3.05, 3.63) is 109 Å². The van der Waals surface area contributed by atoms with Crippen LogP contribution in [-0.2, 0) is 28.6 Å². The van der Waals surface area contributed by atoms with Crippen LogP contribution >= 0.6 is 0 Å². The average molecular weight is 1000 g/mol. The zero-order chi connectivity index (χ0) is 52.2. The molecule has 410 valence electrons. The van der Waals surface area contributed by atoms with Crippen molar-refractivity contribution in [3.63, 3.8) is 0 Å². The Morgan fingerprint density at radius 1 is 0.306 bits per heavy atom. The summed E-state index contributed by atoms with van der Waals surface area (Å²) >= 11 is 0. The first-order valence-electron chi connectivity index (χ1n) is 29.9. The minimum Gasteiger partial charge on any atom is -0.462 e. The summed E-state index contributed by atoms with van der Waals surface area (Å²) in [6, 6.07) is 0. The van der Waals surface area contributed by atoms with E-state index in [0.717, 1.165) is 109 Å². The molecule has 0 saturated heterocycles. The normalized spacial score (nSPS) is 12.9. The van der Waals surface area contributed by atoms with Crippen LogP contribution in [0.2, 0.25) is 0 Å². The Balaban J connectivity index is 4.45. The number of ether oxygens (including phenoxy) is 3. The van der Waals surface area contributed by atoms with Gasteiger partial charge in [0, 0.05) is 12.8 Å². The quantitative estimate of drug-likeness (QED) is 0.0261. The van der Waals surface area contributed by atoms with E-state index in [1.54, 1.807) is 6.08 Å². The SMILES string of the molecule is CC/C=C\C/C=C\C/C=C\C/C=C\C/C=C\CC(=O)OCC(COC(=O)CCCCCCCCCCCCCCCCCCCCCCCC)OC(=O)CCCCCC/C=C\C/C=C\C/C=C\C/C=C\CC. The third-order valence-electron chi connectivity index (χ3n) is 12.6. The second kappa shape index (κ2) is 59.6. The molecule has 0 aromatic carbocycles. The molecule has 0 aliphatic carbocycles. The Bertz CT molecular complexity index is 1470. The standard InChI is InChI=1S/C66H110O6/c1-4-7-10-13-16-19-22-25-28-30-31-32-33-34-36-38-41-44-47-50-53-56-59-65(68)71-62-63(61-70-64(67)58-55-52-49-46-43-40-37-27-24-21-18-15-12-9-6-3)72-66(69)60-57-54-51-48-45-42-39-35-29-26-23-20-17-14-11-8-5-2/h8-9,11-12,17-18,20-21,26-27,29,37,39,42-43,46,52,55,63H,4-7,10,13-16,19,22-25,28,30-36,38,40-41,44-45,47-51,53-54,56-62H2,1-3H3/b11-8-,12-9-,20-17-,21-18-,29-26-,37-27-,42-39-,46-43-,55-52-. The number of carbonyl (C=O) groups excluding carboxylic acids is 3. The Morgan fingerprint density at radius 2 is 0.597 bits per heavy atom. The second-order valence-electron chi connectivity index (χ2n) is 19.5. The van der Waals surface area contributed by atoms with Crippen molar-refractivity contribution < 1.29 is 28.6 Å². The zero-order valence-electron chi connectivity index (χ0n) is 46.9. The molecule has 72 heavy (non-hydrogen) atoms. The van der Waals surface area contributed by atoms with Crippen LogP contribution < -0.4 is 0 Å². The van der Waals surface area contributed by atoms with Crippen LogP contribution in [0.15, 0.2) is 109 Å². The first-order chi connectivity index (χ1) is 35.5. The van der Waals surface area contributed by atoms with Gasteiger partial charge in [-0.1, -0.05) is 278 Å². The van der Waals surface area contributed by atoms with Gasteiger partial charge in [0.15, 0.2) is 6.10 Å². The first kappa shape index (κ1) is 68.1. The lowest BCUT2D eigenvalue weighted by Crippen LogP contribution is -2.30. The van der Waals surface area contributed by atoms with Gasteiger partial charge in [0.1, 0.15) is 13.2 Å². The summed E-state index contributed by atoms with van der Waals surface area (Å²) in [7, 11) is 0. The van der Waals surface area contributed by atoms with E-state index in [4.69, 9.17) is 14.2 Å². The van der Waals surface area contributed by atoms with Gasteiger partial charge in [0.25, 0.3) is 0 Å². The fourth-order valence-electron chi connectivity index (χ4n) is 8.15. The minimum atomic E-state index is -0.832. The lowest BCUT2D eigenvalue weighted by atomic mass is 10.0. The Morgan fingerprint density at radius 3 is 0.972 bits per heavy atom. The number of rotatable bonds is 53. The van der Waals surface area contributed by atoms with Crippen LogP contribution in [-0.4, -0.2) is 37.2 Å². The molecule has 1 atom stereocenters. The fraction of sp³-hybridized carbons (Fsp3) is 0.682. The van der Waals surface area contributed by atoms with E-state index in [-0.39, 0.29) is 38.0 Å². The molecule has 0 heterocycles. The van der Waals surface area contributed by atoms with Crippen molar-refractivity contribution in [2.75, 3.05) is 13.2 Å². The van der Waals surface area contributed by atoms with Crippen LogP contribution in [0, 0.1) is 0 Å². The number of hydrogen-bond acceptors (Lipinski definition) is 6. The lowest BCUT2D eigenvalue weighted by Gasteiger charge is -2.18. The van der Waals surface area contributed by atoms with E-state index in [2.05, 4.69) is 118 Å². The van der Waals surface area contributed by atoms with Gasteiger partial charge in [0.2, 0.25) is 0 Å². The molecule has 0 aliphatic rings. The molecule has 6 nitrogen and oxygen atoms in total. The van der Waals surface area contributed by atoms with Crippen LogP contribution in [0.3, 0.4) is 0 Å². The Kier molecular flexibility index (Phi) is 56.4. The largest absolute Gasteiger partial charge is 0.462 e. The molecule has 0 N–H and O–H groups in total. The van der Waals surface area contributed by atoms with Gasteiger partial charge in [-0.25, -0.2) is 0 Å². The second-order valence-corrected chi connectivity index (χ2v) is 19.5. The summed E-state index contributed by atoms with van der Waals surface area (Å²) in [6.07, 6.45) is 81.2. The van der Waals surface area contributed by atoms with E-state index >= 15 is 0 Å². The molecule has 1 unspecified atom stereocenters. The Hall–Kier alpha value is -3.93. The summed E-state index contributed by atoms with van der Waals surface area (Å²) in [4.78, 5) is 38.1. The Labute approximate surface area is 444 Å². The third-order valence-corrected chi connectivity index (χ3v) is 12.6. The van der Waals surface area contributed by atoms with Gasteiger partial charge in [-0.3, -0.25) is 14.4 Å². The van der Waals surface area contributed by atoms with Gasteiger partial charge in [-0.2, -0.15) is 0 Å². The van der Waals surface area contributed by atoms with Crippen LogP contribution in [0.4, 0.5) is 0 Å². The summed E-state index contributed by atoms with van der Waals surface area (Å²) in [6.45, 7) is 6.32. The van der Waals surface area contributed by atoms with Crippen LogP contribution in [0.25, 0.3) is 0 Å². The van der Waals surface area contributed by atoms with Gasteiger partial charge in [0.05, 0.1) is 6.42 Å². The van der Waals surface area contributed by atoms with Crippen LogP contribution in [0.5, 0.6) is 0 Å². The molecular weight excluding hydrogens is 889 g/mol. The van der Waals surface area contributed by atoms with Crippen LogP contribution in [0.1, 0.15) is 271 Å². The molecule has 0 amide bonds. The molecule has 0 saturated carbocycles. The molecular formula is C66H110O6. The highest BCUT2D eigenvalue weighted by Gasteiger charge is 2.19. The molecule has 0 aliphatic heterocycles. The van der Waals surface area contributed by atoms with Crippen molar-refractivity contribution in [2.45, 2.75) is 277 Å². The molecule has 0 fully saturated rings. The molecule has 0 rings (SSSR count). The first-order valence-corrected chi connectivity index (χ1v) is 29.9. The van der Waals surface area contributed by atoms with Gasteiger partial charge >= 0.3 is 17.9 Å². The van der Waals surface area contributed by atoms with Crippen molar-refractivity contribution in [1.29, 1.82) is 0 Å². The van der Waals surface area contributed by atoms with E-state index in [1.165, 1.54) is 122 Å². The molecule has 0 radical (unpaired) electrons. The smallest absolute Gasteiger partial charge is 0.309 e. The summed E-state index contributed by atoms with van der Waals surface area (Å²) < 4.78 is 16.8. The van der Waals surface area contributed by atoms with Crippen molar-refractivity contribution >= 4 is 17.9 Å². The van der Waals surface area contributed by atoms with E-state index in [0.29, 0.717) is 6.42 Å². The number of esters is 3. The topological polar surface area (TPSA) is 78.9 Å². The molecule has 0 spiro atoms. The minimum absolute atomic E-state index is 0.117. The lowest BCUT2D eigenvalue weighted by molar-refractivity contribution is -0.166. The van der Waals surface area contributed by atoms with Gasteiger partial charge in [-0.05, 0) is 83.5 Å². The van der Waals surface area contributed by atoms with Gasteiger partial charge in [-0.15, -0.1) is 0 Å². The maximum atomic E-state index is 12.9. The number of carbonyl (C=O) groups is 3. The maximum absolute atomic E-state index is 12.9. The third kappa shape index (κ3) is 57.0. The molecule has 0 bridgehead atoms. The summed E-state index contributed by atoms with van der Waals surface area (Å²) in [5.74, 6) is -1.07. The average Bonchev–Trinajstić information content (AvgIpc) is 3.38. The van der Waals surface area contributed by atoms with Crippen molar-refractivity contribution in [2.24, 2.45) is 0 Å². The number of allylic oxidation sites excluding steroid dienone is 17. The molecule has 0 aromatic heterocycles. The highest BCUT2D eigenvalue weighted by atomic mass is 16.6. The molecule has 6 heteroatoms. The van der Waals surface area contributed by atoms with E-state index in [9.17, 15) is 14.4 Å². The number of unbranched alkanes of at least 4 members (excludes halogenated alkanes) is 25. The zero-order valence-corrected chi connectivity index (χ0v) is 46.9. The van der Waals surface area contributed by atoms with E-state index in [1.807, 2.05) is 6.08 Å². The van der Waals surface area contributed by atoms with Crippen molar-refractivity contribution in [1.82, 2.24) is 0 Å².